The van der Waals surface area contributed by atoms with Crippen LogP contribution in [-0.4, -0.2) is 26.9 Å². The first-order valence-corrected chi connectivity index (χ1v) is 8.79. The molecular weight excluding hydrogens is 443 g/mol. The van der Waals surface area contributed by atoms with Crippen LogP contribution < -0.4 is 10.6 Å². The number of rotatable bonds is 5. The van der Waals surface area contributed by atoms with Gasteiger partial charge in [0.15, 0.2) is 10.9 Å². The van der Waals surface area contributed by atoms with Gasteiger partial charge >= 0.3 is 0 Å². The lowest BCUT2D eigenvalue weighted by Crippen LogP contribution is -2.36. The summed E-state index contributed by atoms with van der Waals surface area (Å²) in [6.07, 6.45) is 5.92. The number of imidazole rings is 1. The third kappa shape index (κ3) is 4.88. The molecule has 0 aliphatic heterocycles. The van der Waals surface area contributed by atoms with Crippen molar-refractivity contribution in [2.75, 3.05) is 6.54 Å². The molecule has 3 heterocycles. The summed E-state index contributed by atoms with van der Waals surface area (Å²) in [5.74, 6) is 0.784. The van der Waals surface area contributed by atoms with Gasteiger partial charge in [-0.1, -0.05) is 0 Å². The summed E-state index contributed by atoms with van der Waals surface area (Å²) < 4.78 is 2.02. The maximum Gasteiger partial charge on any atom is 0.193 e. The first kappa shape index (κ1) is 18.1. The van der Waals surface area contributed by atoms with Gasteiger partial charge in [0.2, 0.25) is 0 Å². The van der Waals surface area contributed by atoms with Crippen LogP contribution in [0, 0.1) is 6.92 Å². The lowest BCUT2D eigenvalue weighted by molar-refractivity contribution is 0.809. The highest BCUT2D eigenvalue weighted by Crippen LogP contribution is 2.12. The molecule has 0 saturated carbocycles. The summed E-state index contributed by atoms with van der Waals surface area (Å²) >= 11 is 3.32. The molecule has 0 bridgehead atoms. The van der Waals surface area contributed by atoms with Gasteiger partial charge in [0.1, 0.15) is 5.01 Å². The van der Waals surface area contributed by atoms with Gasteiger partial charge in [-0.05, 0) is 13.8 Å². The maximum atomic E-state index is 4.58. The van der Waals surface area contributed by atoms with Gasteiger partial charge < -0.3 is 10.6 Å². The molecule has 124 valence electrons. The number of hydrogen-bond acceptors (Lipinski definition) is 5. The predicted molar refractivity (Wildman–Crippen MR) is 107 cm³/mol. The zero-order valence-electron chi connectivity index (χ0n) is 12.9. The lowest BCUT2D eigenvalue weighted by Gasteiger charge is -2.09. The third-order valence-electron chi connectivity index (χ3n) is 2.96. The summed E-state index contributed by atoms with van der Waals surface area (Å²) in [6.45, 7) is 6.17. The van der Waals surface area contributed by atoms with E-state index < -0.39 is 0 Å². The van der Waals surface area contributed by atoms with Gasteiger partial charge in [-0.3, -0.25) is 4.40 Å². The number of halogens is 1. The van der Waals surface area contributed by atoms with E-state index >= 15 is 0 Å². The van der Waals surface area contributed by atoms with Gasteiger partial charge in [0.25, 0.3) is 0 Å². The Bertz CT molecular complexity index is 747. The summed E-state index contributed by atoms with van der Waals surface area (Å²) in [6, 6.07) is 0. The number of hydrogen-bond donors (Lipinski definition) is 2. The summed E-state index contributed by atoms with van der Waals surface area (Å²) in [7, 11) is 0. The molecule has 23 heavy (non-hydrogen) atoms. The molecular formula is C14H19IN6S2. The molecule has 0 amide bonds. The average Bonchev–Trinajstić information content (AvgIpc) is 3.17. The second-order valence-corrected chi connectivity index (χ2v) is 6.93. The standard InChI is InChI=1S/C14H18N6S2.HI/c1-3-15-13(18-8-12-16-6-10(2)22-12)17-7-11-9-20-4-5-21-14(20)19-11;/h4-6,9H,3,7-8H2,1-2H3,(H2,15,17,18);1H. The molecule has 9 heteroatoms. The molecule has 0 spiro atoms. The molecule has 3 rings (SSSR count). The number of aryl methyl sites for hydroxylation is 1. The smallest absolute Gasteiger partial charge is 0.193 e. The van der Waals surface area contributed by atoms with Crippen molar-refractivity contribution >= 4 is 57.6 Å². The Morgan fingerprint density at radius 1 is 1.39 bits per heavy atom. The van der Waals surface area contributed by atoms with E-state index in [1.54, 1.807) is 22.7 Å². The fourth-order valence-corrected chi connectivity index (χ4v) is 3.44. The van der Waals surface area contributed by atoms with E-state index in [0.717, 1.165) is 28.2 Å². The van der Waals surface area contributed by atoms with Crippen molar-refractivity contribution in [2.24, 2.45) is 4.99 Å². The summed E-state index contributed by atoms with van der Waals surface area (Å²) in [5.41, 5.74) is 0.967. The van der Waals surface area contributed by atoms with Crippen molar-refractivity contribution in [1.29, 1.82) is 0 Å². The van der Waals surface area contributed by atoms with Crippen LogP contribution in [0.5, 0.6) is 0 Å². The fraction of sp³-hybridized carbons (Fsp3) is 0.357. The highest BCUT2D eigenvalue weighted by molar-refractivity contribution is 14.0. The second kappa shape index (κ2) is 8.60. The van der Waals surface area contributed by atoms with Crippen LogP contribution in [0.25, 0.3) is 4.96 Å². The van der Waals surface area contributed by atoms with E-state index in [0.29, 0.717) is 13.1 Å². The number of nitrogens with one attached hydrogen (secondary N) is 2. The van der Waals surface area contributed by atoms with Gasteiger partial charge in [-0.2, -0.15) is 0 Å². The van der Waals surface area contributed by atoms with Crippen LogP contribution in [0.3, 0.4) is 0 Å². The van der Waals surface area contributed by atoms with E-state index in [1.165, 1.54) is 4.88 Å². The number of thiazole rings is 2. The maximum absolute atomic E-state index is 4.58. The Morgan fingerprint density at radius 3 is 2.96 bits per heavy atom. The van der Waals surface area contributed by atoms with Crippen LogP contribution in [-0.2, 0) is 13.1 Å². The van der Waals surface area contributed by atoms with Crippen molar-refractivity contribution in [3.63, 3.8) is 0 Å². The van der Waals surface area contributed by atoms with Crippen LogP contribution in [0.2, 0.25) is 0 Å². The molecule has 0 unspecified atom stereocenters. The van der Waals surface area contributed by atoms with Gasteiger partial charge in [0, 0.05) is 35.4 Å². The Kier molecular flexibility index (Phi) is 6.78. The minimum absolute atomic E-state index is 0. The number of fused-ring (bicyclic) bond motifs is 1. The van der Waals surface area contributed by atoms with E-state index in [9.17, 15) is 0 Å². The first-order chi connectivity index (χ1) is 10.7. The Hall–Kier alpha value is -1.20. The molecule has 0 aliphatic rings. The van der Waals surface area contributed by atoms with Gasteiger partial charge in [-0.25, -0.2) is 15.0 Å². The van der Waals surface area contributed by atoms with Crippen LogP contribution in [0.15, 0.2) is 29.0 Å². The molecule has 0 fully saturated rings. The molecule has 6 nitrogen and oxygen atoms in total. The van der Waals surface area contributed by atoms with Crippen molar-refractivity contribution in [2.45, 2.75) is 26.9 Å². The zero-order valence-corrected chi connectivity index (χ0v) is 16.9. The molecule has 3 aromatic heterocycles. The molecule has 0 aliphatic carbocycles. The van der Waals surface area contributed by atoms with Crippen molar-refractivity contribution in [3.8, 4) is 0 Å². The largest absolute Gasteiger partial charge is 0.357 e. The highest BCUT2D eigenvalue weighted by Gasteiger charge is 2.04. The molecule has 0 saturated heterocycles. The summed E-state index contributed by atoms with van der Waals surface area (Å²) in [4.78, 5) is 15.7. The minimum atomic E-state index is 0. The Labute approximate surface area is 160 Å². The number of aliphatic imine (C=N–C) groups is 1. The monoisotopic (exact) mass is 462 g/mol. The number of guanidine groups is 1. The van der Waals surface area contributed by atoms with E-state index in [-0.39, 0.29) is 24.0 Å². The number of aromatic nitrogens is 3. The minimum Gasteiger partial charge on any atom is -0.357 e. The van der Waals surface area contributed by atoms with Gasteiger partial charge in [-0.15, -0.1) is 46.7 Å². The fourth-order valence-electron chi connectivity index (χ4n) is 2.00. The molecule has 0 aromatic carbocycles. The van der Waals surface area contributed by atoms with E-state index in [1.807, 2.05) is 28.4 Å². The Balaban J connectivity index is 0.00000192. The Morgan fingerprint density at radius 2 is 2.26 bits per heavy atom. The average molecular weight is 462 g/mol. The van der Waals surface area contributed by atoms with E-state index in [2.05, 4.69) is 39.4 Å². The molecule has 2 N–H and O–H groups in total. The lowest BCUT2D eigenvalue weighted by atomic mass is 10.5. The summed E-state index contributed by atoms with van der Waals surface area (Å²) in [5, 5.41) is 9.63. The van der Waals surface area contributed by atoms with Crippen molar-refractivity contribution < 1.29 is 0 Å². The van der Waals surface area contributed by atoms with Crippen LogP contribution >= 0.6 is 46.7 Å². The molecule has 0 radical (unpaired) electrons. The zero-order chi connectivity index (χ0) is 15.4. The van der Waals surface area contributed by atoms with Crippen LogP contribution in [0.4, 0.5) is 0 Å². The van der Waals surface area contributed by atoms with E-state index in [4.69, 9.17) is 0 Å². The van der Waals surface area contributed by atoms with Crippen molar-refractivity contribution in [1.82, 2.24) is 25.0 Å². The predicted octanol–water partition coefficient (Wildman–Crippen LogP) is 3.03. The quantitative estimate of drug-likeness (QED) is 0.348. The third-order valence-corrected chi connectivity index (χ3v) is 4.65. The van der Waals surface area contributed by atoms with Crippen molar-refractivity contribution in [3.05, 3.63) is 39.5 Å². The van der Waals surface area contributed by atoms with Gasteiger partial charge in [0.05, 0.1) is 18.8 Å². The normalized spacial score (nSPS) is 11.5. The highest BCUT2D eigenvalue weighted by atomic mass is 127. The second-order valence-electron chi connectivity index (χ2n) is 4.74. The molecule has 3 aromatic rings. The molecule has 0 atom stereocenters. The van der Waals surface area contributed by atoms with Crippen LogP contribution in [0.1, 0.15) is 22.5 Å². The first-order valence-electron chi connectivity index (χ1n) is 7.09. The topological polar surface area (TPSA) is 66.6 Å². The SMILES string of the molecule is CCNC(=NCc1cn2ccsc2n1)NCc1ncc(C)s1.I. The number of nitrogens with zero attached hydrogens (tertiary/aromatic N) is 4.